The third-order valence-corrected chi connectivity index (χ3v) is 11.1. The summed E-state index contributed by atoms with van der Waals surface area (Å²) in [5.41, 5.74) is 11.6. The highest BCUT2D eigenvalue weighted by molar-refractivity contribution is 6.11. The minimum absolute atomic E-state index is 0.0731. The van der Waals surface area contributed by atoms with Crippen molar-refractivity contribution in [3.05, 3.63) is 151 Å². The van der Waals surface area contributed by atoms with Crippen LogP contribution >= 0.6 is 0 Å². The van der Waals surface area contributed by atoms with E-state index in [2.05, 4.69) is 172 Å². The van der Waals surface area contributed by atoms with E-state index in [9.17, 15) is 0 Å². The third-order valence-electron chi connectivity index (χ3n) is 11.1. The Labute approximate surface area is 264 Å². The van der Waals surface area contributed by atoms with E-state index in [4.69, 9.17) is 0 Å². The number of benzene rings is 7. The quantitative estimate of drug-likeness (QED) is 0.180. The molecule has 216 valence electrons. The first-order chi connectivity index (χ1) is 21.8. The summed E-state index contributed by atoms with van der Waals surface area (Å²) >= 11 is 0. The van der Waals surface area contributed by atoms with Crippen LogP contribution in [0.4, 0.5) is 0 Å². The van der Waals surface area contributed by atoms with Crippen LogP contribution in [0.15, 0.2) is 140 Å². The first kappa shape index (κ1) is 26.3. The summed E-state index contributed by atoms with van der Waals surface area (Å²) in [6.07, 6.45) is 0. The van der Waals surface area contributed by atoms with Crippen molar-refractivity contribution in [1.82, 2.24) is 4.57 Å². The highest BCUT2D eigenvalue weighted by atomic mass is 15.0. The van der Waals surface area contributed by atoms with Crippen molar-refractivity contribution in [3.8, 4) is 27.9 Å². The molecule has 0 radical (unpaired) electrons. The molecule has 1 heterocycles. The Kier molecular flexibility index (Phi) is 5.37. The van der Waals surface area contributed by atoms with Crippen molar-refractivity contribution in [3.63, 3.8) is 0 Å². The molecule has 8 aromatic rings. The lowest BCUT2D eigenvalue weighted by Crippen LogP contribution is -2.43. The fourth-order valence-corrected chi connectivity index (χ4v) is 8.11. The van der Waals surface area contributed by atoms with Gasteiger partial charge in [0.25, 0.3) is 0 Å². The summed E-state index contributed by atoms with van der Waals surface area (Å²) in [5.74, 6) is 0. The summed E-state index contributed by atoms with van der Waals surface area (Å²) in [4.78, 5) is 0. The van der Waals surface area contributed by atoms with E-state index in [0.29, 0.717) is 0 Å². The van der Waals surface area contributed by atoms with Gasteiger partial charge in [0.15, 0.2) is 0 Å². The van der Waals surface area contributed by atoms with Gasteiger partial charge in [0.1, 0.15) is 0 Å². The van der Waals surface area contributed by atoms with E-state index >= 15 is 0 Å². The van der Waals surface area contributed by atoms with Crippen LogP contribution in [0.25, 0.3) is 71.3 Å². The van der Waals surface area contributed by atoms with E-state index in [1.807, 2.05) is 0 Å². The van der Waals surface area contributed by atoms with Crippen LogP contribution in [-0.4, -0.2) is 4.57 Å². The van der Waals surface area contributed by atoms with Gasteiger partial charge in [-0.15, -0.1) is 0 Å². The van der Waals surface area contributed by atoms with E-state index < -0.39 is 0 Å². The Balaban J connectivity index is 1.18. The van der Waals surface area contributed by atoms with Gasteiger partial charge in [0.05, 0.1) is 11.0 Å². The fraction of sp³-hybridized carbons (Fsp3) is 0.136. The van der Waals surface area contributed by atoms with Gasteiger partial charge in [0.2, 0.25) is 0 Å². The smallest absolute Gasteiger partial charge is 0.0541 e. The number of aromatic nitrogens is 1. The Bertz CT molecular complexity index is 2420. The topological polar surface area (TPSA) is 4.93 Å². The van der Waals surface area contributed by atoms with Crippen molar-refractivity contribution >= 4 is 43.4 Å². The molecule has 0 fully saturated rings. The predicted octanol–water partition coefficient (Wildman–Crippen LogP) is 12.0. The highest BCUT2D eigenvalue weighted by Gasteiger charge is 2.46. The van der Waals surface area contributed by atoms with Crippen LogP contribution in [-0.2, 0) is 10.8 Å². The van der Waals surface area contributed by atoms with Crippen LogP contribution in [0.2, 0.25) is 0 Å². The summed E-state index contributed by atoms with van der Waals surface area (Å²) < 4.78 is 2.39. The SMILES string of the molecule is CC1(C)c2cc(-c3ccc(-n4c5ccccc5c5ccccc54)cc3)ccc2-c2ccc3c(ccc4ccccc43)c2C1(C)C. The largest absolute Gasteiger partial charge is 0.309 e. The maximum atomic E-state index is 2.46. The number of nitrogens with zero attached hydrogens (tertiary/aromatic N) is 1. The number of para-hydroxylation sites is 2. The number of rotatable bonds is 2. The molecule has 0 spiro atoms. The molecule has 0 N–H and O–H groups in total. The van der Waals surface area contributed by atoms with Crippen LogP contribution < -0.4 is 0 Å². The van der Waals surface area contributed by atoms with Gasteiger partial charge in [-0.2, -0.15) is 0 Å². The molecule has 1 aliphatic carbocycles. The van der Waals surface area contributed by atoms with E-state index in [-0.39, 0.29) is 10.8 Å². The minimum Gasteiger partial charge on any atom is -0.309 e. The standard InChI is InChI=1S/C44H35N/c1-43(2)39-27-30(28-17-21-31(22-18-28)45-40-15-9-7-13-35(40)36-14-8-10-16-41(36)45)20-23-34(39)38-26-25-33-32-12-6-5-11-29(32)19-24-37(33)42(38)44(43,3)4/h5-27H,1-4H3. The molecule has 0 saturated carbocycles. The molecule has 0 aliphatic heterocycles. The zero-order valence-electron chi connectivity index (χ0n) is 26.2. The molecular weight excluding hydrogens is 542 g/mol. The second-order valence-electron chi connectivity index (χ2n) is 13.8. The fourth-order valence-electron chi connectivity index (χ4n) is 8.11. The minimum atomic E-state index is -0.0752. The van der Waals surface area contributed by atoms with Crippen molar-refractivity contribution in [2.45, 2.75) is 38.5 Å². The summed E-state index contributed by atoms with van der Waals surface area (Å²) in [7, 11) is 0. The molecule has 0 bridgehead atoms. The zero-order valence-corrected chi connectivity index (χ0v) is 26.2. The molecule has 0 amide bonds. The van der Waals surface area contributed by atoms with Crippen LogP contribution in [0, 0.1) is 0 Å². The molecule has 0 unspecified atom stereocenters. The summed E-state index contributed by atoms with van der Waals surface area (Å²) in [6, 6.07) is 51.8. The van der Waals surface area contributed by atoms with Gasteiger partial charge in [-0.25, -0.2) is 0 Å². The van der Waals surface area contributed by atoms with Gasteiger partial charge in [0, 0.05) is 21.9 Å². The van der Waals surface area contributed by atoms with E-state index in [0.717, 1.165) is 0 Å². The number of fused-ring (bicyclic) bond motifs is 10. The van der Waals surface area contributed by atoms with E-state index in [1.165, 1.54) is 82.4 Å². The Hall–Kier alpha value is -5.14. The van der Waals surface area contributed by atoms with Crippen molar-refractivity contribution in [2.24, 2.45) is 0 Å². The Morgan fingerprint density at radius 2 is 1.00 bits per heavy atom. The third kappa shape index (κ3) is 3.56. The second-order valence-corrected chi connectivity index (χ2v) is 13.8. The molecule has 0 saturated heterocycles. The maximum absolute atomic E-state index is 2.46. The first-order valence-electron chi connectivity index (χ1n) is 16.0. The van der Waals surface area contributed by atoms with Crippen LogP contribution in [0.5, 0.6) is 0 Å². The van der Waals surface area contributed by atoms with Gasteiger partial charge < -0.3 is 4.57 Å². The normalized spacial score (nSPS) is 15.0. The predicted molar refractivity (Wildman–Crippen MR) is 193 cm³/mol. The lowest BCUT2D eigenvalue weighted by Gasteiger charge is -2.49. The van der Waals surface area contributed by atoms with Gasteiger partial charge in [-0.1, -0.05) is 137 Å². The number of hydrogen-bond acceptors (Lipinski definition) is 0. The monoisotopic (exact) mass is 577 g/mol. The zero-order chi connectivity index (χ0) is 30.5. The Morgan fingerprint density at radius 3 is 1.71 bits per heavy atom. The van der Waals surface area contributed by atoms with Crippen molar-refractivity contribution in [2.75, 3.05) is 0 Å². The van der Waals surface area contributed by atoms with E-state index in [1.54, 1.807) is 0 Å². The average molecular weight is 578 g/mol. The second kappa shape index (κ2) is 9.19. The molecule has 1 aliphatic rings. The summed E-state index contributed by atoms with van der Waals surface area (Å²) in [6.45, 7) is 9.75. The van der Waals surface area contributed by atoms with Crippen LogP contribution in [0.1, 0.15) is 38.8 Å². The molecule has 9 rings (SSSR count). The molecule has 1 nitrogen and oxygen atoms in total. The molecular formula is C44H35N. The number of hydrogen-bond donors (Lipinski definition) is 0. The molecule has 45 heavy (non-hydrogen) atoms. The maximum Gasteiger partial charge on any atom is 0.0541 e. The molecule has 1 heteroatoms. The van der Waals surface area contributed by atoms with Crippen LogP contribution in [0.3, 0.4) is 0 Å². The van der Waals surface area contributed by atoms with Crippen molar-refractivity contribution < 1.29 is 0 Å². The highest BCUT2D eigenvalue weighted by Crippen LogP contribution is 2.56. The van der Waals surface area contributed by atoms with Gasteiger partial charge in [-0.05, 0) is 90.7 Å². The Morgan fingerprint density at radius 1 is 0.422 bits per heavy atom. The van der Waals surface area contributed by atoms with Gasteiger partial charge >= 0.3 is 0 Å². The molecule has 1 aromatic heterocycles. The van der Waals surface area contributed by atoms with Gasteiger partial charge in [-0.3, -0.25) is 0 Å². The van der Waals surface area contributed by atoms with Crippen molar-refractivity contribution in [1.29, 1.82) is 0 Å². The average Bonchev–Trinajstić information content (AvgIpc) is 3.41. The molecule has 0 atom stereocenters. The molecule has 7 aromatic carbocycles. The summed E-state index contributed by atoms with van der Waals surface area (Å²) in [5, 5.41) is 7.93. The lowest BCUT2D eigenvalue weighted by molar-refractivity contribution is 0.301. The lowest BCUT2D eigenvalue weighted by atomic mass is 9.54. The first-order valence-corrected chi connectivity index (χ1v) is 16.0.